The summed E-state index contributed by atoms with van der Waals surface area (Å²) in [5, 5.41) is 19.1. The molecule has 1 aliphatic heterocycles. The highest BCUT2D eigenvalue weighted by molar-refractivity contribution is 5.27. The quantitative estimate of drug-likeness (QED) is 0.886. The fourth-order valence-corrected chi connectivity index (χ4v) is 3.68. The SMILES string of the molecule is C[C@@H](N1CCC(C)(C)CC1)C(O)(Cn1cnnc1)c1ccc(F)cc1F. The zero-order valence-corrected chi connectivity index (χ0v) is 15.5. The number of likely N-dealkylation sites (tertiary alicyclic amines) is 1. The van der Waals surface area contributed by atoms with Crippen LogP contribution >= 0.6 is 0 Å². The fourth-order valence-electron chi connectivity index (χ4n) is 3.68. The van der Waals surface area contributed by atoms with Gasteiger partial charge in [-0.15, -0.1) is 10.2 Å². The maximum Gasteiger partial charge on any atom is 0.132 e. The first-order valence-corrected chi connectivity index (χ1v) is 8.96. The normalized spacial score (nSPS) is 21.3. The third kappa shape index (κ3) is 3.78. The number of halogens is 2. The molecule has 1 aromatic carbocycles. The van der Waals surface area contributed by atoms with E-state index in [-0.39, 0.29) is 23.6 Å². The van der Waals surface area contributed by atoms with Crippen LogP contribution in [-0.4, -0.2) is 43.9 Å². The van der Waals surface area contributed by atoms with Gasteiger partial charge in [0, 0.05) is 17.7 Å². The summed E-state index contributed by atoms with van der Waals surface area (Å²) in [6.07, 6.45) is 4.98. The van der Waals surface area contributed by atoms with E-state index in [2.05, 4.69) is 28.9 Å². The van der Waals surface area contributed by atoms with Crippen LogP contribution in [0.3, 0.4) is 0 Å². The molecule has 0 bridgehead atoms. The summed E-state index contributed by atoms with van der Waals surface area (Å²) in [6, 6.07) is 2.97. The molecule has 0 aliphatic carbocycles. The average Bonchev–Trinajstić information content (AvgIpc) is 3.06. The van der Waals surface area contributed by atoms with Gasteiger partial charge >= 0.3 is 0 Å². The van der Waals surface area contributed by atoms with Crippen LogP contribution in [0.5, 0.6) is 0 Å². The predicted octanol–water partition coefficient (Wildman–Crippen LogP) is 2.95. The first-order valence-electron chi connectivity index (χ1n) is 8.96. The number of hydrogen-bond donors (Lipinski definition) is 1. The van der Waals surface area contributed by atoms with E-state index in [9.17, 15) is 13.9 Å². The molecule has 7 heteroatoms. The lowest BCUT2D eigenvalue weighted by Crippen LogP contribution is -2.54. The minimum Gasteiger partial charge on any atom is -0.382 e. The van der Waals surface area contributed by atoms with Gasteiger partial charge in [-0.3, -0.25) is 4.90 Å². The first-order chi connectivity index (χ1) is 12.2. The second kappa shape index (κ2) is 7.04. The Morgan fingerprint density at radius 1 is 1.19 bits per heavy atom. The number of benzene rings is 1. The van der Waals surface area contributed by atoms with Crippen molar-refractivity contribution in [2.24, 2.45) is 5.41 Å². The molecule has 1 aromatic heterocycles. The van der Waals surface area contributed by atoms with Crippen molar-refractivity contribution in [1.29, 1.82) is 0 Å². The van der Waals surface area contributed by atoms with Crippen LogP contribution in [0.25, 0.3) is 0 Å². The Morgan fingerprint density at radius 2 is 1.81 bits per heavy atom. The summed E-state index contributed by atoms with van der Waals surface area (Å²) in [6.45, 7) is 8.09. The zero-order valence-electron chi connectivity index (χ0n) is 15.5. The molecule has 1 saturated heterocycles. The van der Waals surface area contributed by atoms with Gasteiger partial charge in [-0.2, -0.15) is 0 Å². The average molecular weight is 364 g/mol. The summed E-state index contributed by atoms with van der Waals surface area (Å²) in [7, 11) is 0. The van der Waals surface area contributed by atoms with Crippen molar-refractivity contribution in [3.63, 3.8) is 0 Å². The molecule has 2 aromatic rings. The standard InChI is InChI=1S/C19H26F2N4O/c1-14(25-8-6-18(2,3)7-9-25)19(26,11-24-12-22-23-13-24)16-5-4-15(20)10-17(16)21/h4-5,10,12-14,26H,6-9,11H2,1-3H3/t14-,19?/m1/s1. The summed E-state index contributed by atoms with van der Waals surface area (Å²) < 4.78 is 29.6. The molecule has 0 spiro atoms. The molecule has 2 heterocycles. The predicted molar refractivity (Wildman–Crippen MR) is 94.3 cm³/mol. The molecule has 26 heavy (non-hydrogen) atoms. The van der Waals surface area contributed by atoms with Gasteiger partial charge in [0.15, 0.2) is 0 Å². The molecule has 142 valence electrons. The van der Waals surface area contributed by atoms with Crippen LogP contribution in [-0.2, 0) is 12.1 Å². The molecular formula is C19H26F2N4O. The minimum atomic E-state index is -1.54. The van der Waals surface area contributed by atoms with E-state index < -0.39 is 17.2 Å². The number of aromatic nitrogens is 3. The Balaban J connectivity index is 1.94. The molecule has 0 radical (unpaired) electrons. The van der Waals surface area contributed by atoms with Crippen molar-refractivity contribution < 1.29 is 13.9 Å². The smallest absolute Gasteiger partial charge is 0.132 e. The van der Waals surface area contributed by atoms with Gasteiger partial charge < -0.3 is 9.67 Å². The molecule has 5 nitrogen and oxygen atoms in total. The Kier molecular flexibility index (Phi) is 5.12. The maximum atomic E-state index is 14.6. The summed E-state index contributed by atoms with van der Waals surface area (Å²) in [5.41, 5.74) is -1.18. The van der Waals surface area contributed by atoms with Gasteiger partial charge in [0.25, 0.3) is 0 Å². The lowest BCUT2D eigenvalue weighted by atomic mass is 9.79. The van der Waals surface area contributed by atoms with Gasteiger partial charge in [0.2, 0.25) is 0 Å². The number of aliphatic hydroxyl groups is 1. The number of piperidine rings is 1. The van der Waals surface area contributed by atoms with Gasteiger partial charge in [-0.05, 0) is 44.3 Å². The molecule has 1 aliphatic rings. The largest absolute Gasteiger partial charge is 0.382 e. The van der Waals surface area contributed by atoms with E-state index in [4.69, 9.17) is 0 Å². The molecule has 0 amide bonds. The van der Waals surface area contributed by atoms with Crippen molar-refractivity contribution in [2.45, 2.75) is 51.8 Å². The zero-order chi connectivity index (χ0) is 18.9. The van der Waals surface area contributed by atoms with E-state index in [0.717, 1.165) is 32.0 Å². The molecular weight excluding hydrogens is 338 g/mol. The second-order valence-corrected chi connectivity index (χ2v) is 8.06. The molecule has 3 rings (SSSR count). The number of hydrogen-bond acceptors (Lipinski definition) is 4. The van der Waals surface area contributed by atoms with Crippen LogP contribution in [0.2, 0.25) is 0 Å². The molecule has 0 saturated carbocycles. The Hall–Kier alpha value is -1.86. The molecule has 1 N–H and O–H groups in total. The lowest BCUT2D eigenvalue weighted by Gasteiger charge is -2.46. The Labute approximate surface area is 152 Å². The highest BCUT2D eigenvalue weighted by Crippen LogP contribution is 2.37. The van der Waals surface area contributed by atoms with Gasteiger partial charge in [-0.25, -0.2) is 8.78 Å². The monoisotopic (exact) mass is 364 g/mol. The van der Waals surface area contributed by atoms with Gasteiger partial charge in [-0.1, -0.05) is 19.9 Å². The lowest BCUT2D eigenvalue weighted by molar-refractivity contribution is -0.0736. The topological polar surface area (TPSA) is 54.2 Å². The van der Waals surface area contributed by atoms with Crippen molar-refractivity contribution in [1.82, 2.24) is 19.7 Å². The van der Waals surface area contributed by atoms with Gasteiger partial charge in [0.1, 0.15) is 29.9 Å². The van der Waals surface area contributed by atoms with Crippen molar-refractivity contribution >= 4 is 0 Å². The van der Waals surface area contributed by atoms with Crippen LogP contribution in [0.1, 0.15) is 39.2 Å². The Morgan fingerprint density at radius 3 is 2.38 bits per heavy atom. The number of nitrogens with zero attached hydrogens (tertiary/aromatic N) is 4. The van der Waals surface area contributed by atoms with E-state index in [1.807, 2.05) is 6.92 Å². The van der Waals surface area contributed by atoms with Crippen LogP contribution < -0.4 is 0 Å². The third-order valence-electron chi connectivity index (χ3n) is 5.68. The van der Waals surface area contributed by atoms with E-state index in [1.54, 1.807) is 4.57 Å². The van der Waals surface area contributed by atoms with Crippen LogP contribution in [0.15, 0.2) is 30.9 Å². The molecule has 1 unspecified atom stereocenters. The first kappa shape index (κ1) is 18.9. The van der Waals surface area contributed by atoms with Crippen molar-refractivity contribution in [2.75, 3.05) is 13.1 Å². The maximum absolute atomic E-state index is 14.6. The van der Waals surface area contributed by atoms with E-state index >= 15 is 0 Å². The van der Waals surface area contributed by atoms with Crippen LogP contribution in [0, 0.1) is 17.0 Å². The van der Waals surface area contributed by atoms with E-state index in [0.29, 0.717) is 0 Å². The Bertz CT molecular complexity index is 740. The molecule has 1 fully saturated rings. The highest BCUT2D eigenvalue weighted by atomic mass is 19.1. The highest BCUT2D eigenvalue weighted by Gasteiger charge is 2.43. The number of rotatable bonds is 5. The second-order valence-electron chi connectivity index (χ2n) is 8.06. The summed E-state index contributed by atoms with van der Waals surface area (Å²) in [5.74, 6) is -1.41. The van der Waals surface area contributed by atoms with Crippen molar-refractivity contribution in [3.05, 3.63) is 48.1 Å². The third-order valence-corrected chi connectivity index (χ3v) is 5.68. The van der Waals surface area contributed by atoms with Crippen LogP contribution in [0.4, 0.5) is 8.78 Å². The minimum absolute atomic E-state index is 0.0869. The fraction of sp³-hybridized carbons (Fsp3) is 0.579. The molecule has 2 atom stereocenters. The van der Waals surface area contributed by atoms with Gasteiger partial charge in [0.05, 0.1) is 6.54 Å². The summed E-state index contributed by atoms with van der Waals surface area (Å²) >= 11 is 0. The van der Waals surface area contributed by atoms with Crippen molar-refractivity contribution in [3.8, 4) is 0 Å². The van der Waals surface area contributed by atoms with E-state index in [1.165, 1.54) is 24.8 Å². The summed E-state index contributed by atoms with van der Waals surface area (Å²) in [4.78, 5) is 2.18.